The van der Waals surface area contributed by atoms with Gasteiger partial charge in [0.15, 0.2) is 5.69 Å². The summed E-state index contributed by atoms with van der Waals surface area (Å²) in [5.74, 6) is 0. The Balaban J connectivity index is 2.56. The molecular formula is C12H13N3O. The summed E-state index contributed by atoms with van der Waals surface area (Å²) in [5.41, 5.74) is 4.00. The van der Waals surface area contributed by atoms with Crippen molar-refractivity contribution in [3.05, 3.63) is 46.1 Å². The molecule has 0 saturated carbocycles. The highest BCUT2D eigenvalue weighted by molar-refractivity contribution is 5.49. The number of aryl methyl sites for hydroxylation is 2. The second-order valence-corrected chi connectivity index (χ2v) is 3.86. The monoisotopic (exact) mass is 215 g/mol. The van der Waals surface area contributed by atoms with E-state index in [2.05, 4.69) is 10.3 Å². The molecular weight excluding hydrogens is 202 g/mol. The fourth-order valence-electron chi connectivity index (χ4n) is 1.70. The predicted octanol–water partition coefficient (Wildman–Crippen LogP) is 3.20. The third kappa shape index (κ3) is 1.62. The first-order valence-corrected chi connectivity index (χ1v) is 5.10. The lowest BCUT2D eigenvalue weighted by atomic mass is 10.2. The van der Waals surface area contributed by atoms with Crippen LogP contribution in [0.3, 0.4) is 0 Å². The minimum Gasteiger partial charge on any atom is -0.235 e. The normalized spacial score (nSPS) is 10.4. The fraction of sp³-hybridized carbons (Fsp3) is 0.250. The molecule has 1 heterocycles. The Bertz CT molecular complexity index is 526. The van der Waals surface area contributed by atoms with Crippen molar-refractivity contribution in [3.63, 3.8) is 0 Å². The molecule has 0 N–H and O–H groups in total. The second-order valence-electron chi connectivity index (χ2n) is 3.86. The lowest BCUT2D eigenvalue weighted by Crippen LogP contribution is -1.98. The van der Waals surface area contributed by atoms with E-state index in [-0.39, 0.29) is 0 Å². The van der Waals surface area contributed by atoms with Crippen molar-refractivity contribution in [3.8, 4) is 5.69 Å². The summed E-state index contributed by atoms with van der Waals surface area (Å²) >= 11 is 0. The molecule has 0 unspecified atom stereocenters. The van der Waals surface area contributed by atoms with Crippen LogP contribution < -0.4 is 0 Å². The van der Waals surface area contributed by atoms with Crippen molar-refractivity contribution < 1.29 is 0 Å². The summed E-state index contributed by atoms with van der Waals surface area (Å²) < 4.78 is 1.74. The molecule has 16 heavy (non-hydrogen) atoms. The van der Waals surface area contributed by atoms with Gasteiger partial charge in [0.1, 0.15) is 0 Å². The zero-order valence-electron chi connectivity index (χ0n) is 9.56. The number of nitrogens with zero attached hydrogens (tertiary/aromatic N) is 3. The van der Waals surface area contributed by atoms with Gasteiger partial charge in [-0.3, -0.25) is 0 Å². The third-order valence-electron chi connectivity index (χ3n) is 2.62. The highest BCUT2D eigenvalue weighted by atomic mass is 16.3. The van der Waals surface area contributed by atoms with Crippen molar-refractivity contribution in [1.82, 2.24) is 9.78 Å². The van der Waals surface area contributed by atoms with Crippen LogP contribution in [0.5, 0.6) is 0 Å². The van der Waals surface area contributed by atoms with Crippen LogP contribution in [0.15, 0.2) is 29.4 Å². The molecule has 1 aromatic heterocycles. The van der Waals surface area contributed by atoms with Gasteiger partial charge in [0, 0.05) is 0 Å². The maximum atomic E-state index is 10.6. The van der Waals surface area contributed by atoms with Crippen LogP contribution in [0.1, 0.15) is 17.0 Å². The van der Waals surface area contributed by atoms with E-state index in [1.54, 1.807) is 11.6 Å². The SMILES string of the molecule is Cc1ccc(-n2nc(C)c(N=O)c2C)cc1. The number of aromatic nitrogens is 2. The van der Waals surface area contributed by atoms with E-state index < -0.39 is 0 Å². The van der Waals surface area contributed by atoms with Gasteiger partial charge in [0.25, 0.3) is 0 Å². The van der Waals surface area contributed by atoms with Gasteiger partial charge >= 0.3 is 0 Å². The van der Waals surface area contributed by atoms with Gasteiger partial charge in [-0.1, -0.05) is 17.7 Å². The van der Waals surface area contributed by atoms with E-state index in [4.69, 9.17) is 0 Å². The van der Waals surface area contributed by atoms with Gasteiger partial charge in [0.2, 0.25) is 0 Å². The van der Waals surface area contributed by atoms with Crippen molar-refractivity contribution >= 4 is 5.69 Å². The van der Waals surface area contributed by atoms with Crippen LogP contribution in [0.2, 0.25) is 0 Å². The summed E-state index contributed by atoms with van der Waals surface area (Å²) in [6.07, 6.45) is 0. The molecule has 4 heteroatoms. The molecule has 0 radical (unpaired) electrons. The van der Waals surface area contributed by atoms with Gasteiger partial charge in [-0.05, 0) is 38.1 Å². The van der Waals surface area contributed by atoms with E-state index in [0.717, 1.165) is 11.4 Å². The average Bonchev–Trinajstić information content (AvgIpc) is 2.55. The van der Waals surface area contributed by atoms with Crippen molar-refractivity contribution in [1.29, 1.82) is 0 Å². The molecule has 0 amide bonds. The molecule has 0 fully saturated rings. The highest BCUT2D eigenvalue weighted by Gasteiger charge is 2.12. The van der Waals surface area contributed by atoms with E-state index in [1.165, 1.54) is 5.56 Å². The molecule has 1 aromatic carbocycles. The minimum atomic E-state index is 0.431. The number of nitroso groups, excluding NO2 is 1. The van der Waals surface area contributed by atoms with E-state index in [9.17, 15) is 4.91 Å². The van der Waals surface area contributed by atoms with Crippen LogP contribution in [-0.2, 0) is 0 Å². The Morgan fingerprint density at radius 1 is 1.12 bits per heavy atom. The first kappa shape index (κ1) is 10.5. The Hall–Kier alpha value is -1.97. The van der Waals surface area contributed by atoms with Crippen LogP contribution >= 0.6 is 0 Å². The molecule has 82 valence electrons. The first-order chi connectivity index (χ1) is 7.63. The zero-order chi connectivity index (χ0) is 11.7. The Kier molecular flexibility index (Phi) is 2.56. The number of rotatable bonds is 2. The molecule has 0 bridgehead atoms. The third-order valence-corrected chi connectivity index (χ3v) is 2.62. The Morgan fingerprint density at radius 2 is 1.75 bits per heavy atom. The molecule has 2 aromatic rings. The van der Waals surface area contributed by atoms with Crippen molar-refractivity contribution in [2.45, 2.75) is 20.8 Å². The molecule has 4 nitrogen and oxygen atoms in total. The zero-order valence-corrected chi connectivity index (χ0v) is 9.56. The van der Waals surface area contributed by atoms with Crippen molar-refractivity contribution in [2.75, 3.05) is 0 Å². The highest BCUT2D eigenvalue weighted by Crippen LogP contribution is 2.25. The van der Waals surface area contributed by atoms with Gasteiger partial charge in [-0.15, -0.1) is 4.91 Å². The average molecular weight is 215 g/mol. The van der Waals surface area contributed by atoms with Gasteiger partial charge < -0.3 is 0 Å². The summed E-state index contributed by atoms with van der Waals surface area (Å²) in [6.45, 7) is 5.66. The second kappa shape index (κ2) is 3.89. The Labute approximate surface area is 93.9 Å². The summed E-state index contributed by atoms with van der Waals surface area (Å²) in [7, 11) is 0. The molecule has 0 aliphatic carbocycles. The molecule has 0 atom stereocenters. The van der Waals surface area contributed by atoms with Gasteiger partial charge in [-0.25, -0.2) is 4.68 Å². The quantitative estimate of drug-likeness (QED) is 0.722. The number of hydrogen-bond acceptors (Lipinski definition) is 3. The van der Waals surface area contributed by atoms with E-state index >= 15 is 0 Å². The van der Waals surface area contributed by atoms with Crippen LogP contribution in [0, 0.1) is 25.7 Å². The molecule has 0 aliphatic heterocycles. The molecule has 0 spiro atoms. The number of benzene rings is 1. The minimum absolute atomic E-state index is 0.431. The summed E-state index contributed by atoms with van der Waals surface area (Å²) in [4.78, 5) is 10.6. The Morgan fingerprint density at radius 3 is 2.25 bits per heavy atom. The van der Waals surface area contributed by atoms with Crippen LogP contribution in [-0.4, -0.2) is 9.78 Å². The molecule has 2 rings (SSSR count). The largest absolute Gasteiger partial charge is 0.235 e. The first-order valence-electron chi connectivity index (χ1n) is 5.10. The topological polar surface area (TPSA) is 47.2 Å². The fourth-order valence-corrected chi connectivity index (χ4v) is 1.70. The summed E-state index contributed by atoms with van der Waals surface area (Å²) in [5, 5.41) is 7.30. The van der Waals surface area contributed by atoms with E-state index in [1.807, 2.05) is 38.1 Å². The van der Waals surface area contributed by atoms with Gasteiger partial charge in [0.05, 0.1) is 17.1 Å². The summed E-state index contributed by atoms with van der Waals surface area (Å²) in [6, 6.07) is 7.98. The standard InChI is InChI=1S/C12H13N3O/c1-8-4-6-11(7-5-8)15-10(3)12(14-16)9(2)13-15/h4-7H,1-3H3. The van der Waals surface area contributed by atoms with Crippen LogP contribution in [0.25, 0.3) is 5.69 Å². The molecule has 0 aliphatic rings. The number of hydrogen-bond donors (Lipinski definition) is 0. The predicted molar refractivity (Wildman–Crippen MR) is 63.2 cm³/mol. The van der Waals surface area contributed by atoms with E-state index in [0.29, 0.717) is 11.4 Å². The van der Waals surface area contributed by atoms with Crippen molar-refractivity contribution in [2.24, 2.45) is 5.18 Å². The lowest BCUT2D eigenvalue weighted by molar-refractivity contribution is 0.833. The maximum absolute atomic E-state index is 10.6. The lowest BCUT2D eigenvalue weighted by Gasteiger charge is -2.04. The van der Waals surface area contributed by atoms with Gasteiger partial charge in [-0.2, -0.15) is 5.10 Å². The molecule has 0 saturated heterocycles. The smallest absolute Gasteiger partial charge is 0.152 e. The van der Waals surface area contributed by atoms with Crippen LogP contribution in [0.4, 0.5) is 5.69 Å². The maximum Gasteiger partial charge on any atom is 0.152 e.